The molecule has 0 aliphatic rings. The van der Waals surface area contributed by atoms with E-state index in [1.807, 2.05) is 44.4 Å². The van der Waals surface area contributed by atoms with E-state index in [2.05, 4.69) is 41.5 Å². The number of hydrogen-bond donors (Lipinski definition) is 2. The number of benzene rings is 1. The lowest BCUT2D eigenvalue weighted by molar-refractivity contribution is 0.735. The Kier molecular flexibility index (Phi) is 3.74. The van der Waals surface area contributed by atoms with Gasteiger partial charge in [-0.2, -0.15) is 10.1 Å². The average molecular weight is 347 g/mol. The quantitative estimate of drug-likeness (QED) is 0.761. The monoisotopic (exact) mass is 346 g/mol. The number of aromatic amines is 1. The van der Waals surface area contributed by atoms with Gasteiger partial charge in [-0.15, -0.1) is 5.10 Å². The number of rotatable bonds is 4. The normalized spacial score (nSPS) is 10.8. The van der Waals surface area contributed by atoms with Gasteiger partial charge < -0.3 is 5.32 Å². The summed E-state index contributed by atoms with van der Waals surface area (Å²) in [6.07, 6.45) is 1.82. The summed E-state index contributed by atoms with van der Waals surface area (Å²) in [5, 5.41) is 14.7. The van der Waals surface area contributed by atoms with Gasteiger partial charge in [-0.05, 0) is 24.6 Å². The van der Waals surface area contributed by atoms with Crippen molar-refractivity contribution in [3.8, 4) is 11.3 Å². The predicted molar refractivity (Wildman–Crippen MR) is 84.8 cm³/mol. The third kappa shape index (κ3) is 2.97. The molecule has 6 nitrogen and oxygen atoms in total. The minimum Gasteiger partial charge on any atom is -0.349 e. The summed E-state index contributed by atoms with van der Waals surface area (Å²) < 4.78 is 2.80. The first kappa shape index (κ1) is 13.8. The number of aromatic nitrogens is 5. The maximum Gasteiger partial charge on any atom is 0.242 e. The fraction of sp³-hybridized carbons (Fsp3) is 0.214. The number of aryl methyl sites for hydroxylation is 2. The van der Waals surface area contributed by atoms with Crippen molar-refractivity contribution >= 4 is 21.9 Å². The molecule has 3 aromatic rings. The molecule has 0 saturated carbocycles. The average Bonchev–Trinajstić information content (AvgIpc) is 3.05. The largest absolute Gasteiger partial charge is 0.349 e. The Bertz CT molecular complexity index is 724. The first-order valence-corrected chi connectivity index (χ1v) is 7.32. The summed E-state index contributed by atoms with van der Waals surface area (Å²) in [7, 11) is 1.87. The lowest BCUT2D eigenvalue weighted by atomic mass is 10.1. The van der Waals surface area contributed by atoms with Crippen molar-refractivity contribution in [2.24, 2.45) is 7.05 Å². The summed E-state index contributed by atoms with van der Waals surface area (Å²) in [5.41, 5.74) is 3.17. The van der Waals surface area contributed by atoms with Crippen LogP contribution in [0, 0.1) is 6.92 Å². The molecule has 2 N–H and O–H groups in total. The molecule has 0 aliphatic carbocycles. The molecule has 0 radical (unpaired) electrons. The molecule has 108 valence electrons. The summed E-state index contributed by atoms with van der Waals surface area (Å²) in [6, 6.07) is 8.11. The number of halogens is 1. The van der Waals surface area contributed by atoms with Crippen molar-refractivity contribution in [3.63, 3.8) is 0 Å². The van der Waals surface area contributed by atoms with Crippen molar-refractivity contribution in [3.05, 3.63) is 46.3 Å². The van der Waals surface area contributed by atoms with Crippen molar-refractivity contribution in [2.75, 3.05) is 5.32 Å². The maximum atomic E-state index is 4.33. The summed E-state index contributed by atoms with van der Waals surface area (Å²) >= 11 is 3.44. The van der Waals surface area contributed by atoms with Gasteiger partial charge in [0.1, 0.15) is 5.82 Å². The van der Waals surface area contributed by atoms with Crippen molar-refractivity contribution in [1.29, 1.82) is 0 Å². The fourth-order valence-electron chi connectivity index (χ4n) is 2.02. The number of hydrogen-bond acceptors (Lipinski definition) is 4. The van der Waals surface area contributed by atoms with Crippen LogP contribution < -0.4 is 5.32 Å². The molecule has 0 spiro atoms. The molecule has 21 heavy (non-hydrogen) atoms. The highest BCUT2D eigenvalue weighted by molar-refractivity contribution is 9.10. The Morgan fingerprint density at radius 3 is 2.71 bits per heavy atom. The molecule has 7 heteroatoms. The van der Waals surface area contributed by atoms with Gasteiger partial charge in [-0.3, -0.25) is 9.78 Å². The lowest BCUT2D eigenvalue weighted by Crippen LogP contribution is -2.02. The van der Waals surface area contributed by atoms with Gasteiger partial charge >= 0.3 is 0 Å². The van der Waals surface area contributed by atoms with E-state index in [0.29, 0.717) is 12.5 Å². The van der Waals surface area contributed by atoms with E-state index >= 15 is 0 Å². The van der Waals surface area contributed by atoms with E-state index in [1.54, 1.807) is 4.68 Å². The standard InChI is InChI=1S/C14H15BrN6/c1-9-18-14(20-21(9)2)16-7-11-8-17-19-13(11)10-3-5-12(15)6-4-10/h3-6,8H,7H2,1-2H3,(H,16,20)(H,17,19). The van der Waals surface area contributed by atoms with Gasteiger partial charge in [-0.25, -0.2) is 0 Å². The highest BCUT2D eigenvalue weighted by Gasteiger charge is 2.09. The minimum atomic E-state index is 0.616. The Morgan fingerprint density at radius 1 is 1.29 bits per heavy atom. The summed E-state index contributed by atoms with van der Waals surface area (Å²) in [5.74, 6) is 1.50. The van der Waals surface area contributed by atoms with Gasteiger partial charge in [0.2, 0.25) is 5.95 Å². The second kappa shape index (κ2) is 5.69. The zero-order valence-electron chi connectivity index (χ0n) is 11.8. The molecule has 0 fully saturated rings. The number of H-pyrrole nitrogens is 1. The molecule has 0 amide bonds. The van der Waals surface area contributed by atoms with E-state index < -0.39 is 0 Å². The highest BCUT2D eigenvalue weighted by atomic mass is 79.9. The first-order chi connectivity index (χ1) is 10.1. The van der Waals surface area contributed by atoms with Gasteiger partial charge in [0.25, 0.3) is 0 Å². The van der Waals surface area contributed by atoms with Gasteiger partial charge in [0, 0.05) is 23.6 Å². The summed E-state index contributed by atoms with van der Waals surface area (Å²) in [6.45, 7) is 2.54. The third-order valence-electron chi connectivity index (χ3n) is 3.27. The molecule has 0 saturated heterocycles. The van der Waals surface area contributed by atoms with E-state index in [1.165, 1.54) is 0 Å². The third-order valence-corrected chi connectivity index (χ3v) is 3.80. The highest BCUT2D eigenvalue weighted by Crippen LogP contribution is 2.23. The number of anilines is 1. The zero-order valence-corrected chi connectivity index (χ0v) is 13.3. The van der Waals surface area contributed by atoms with E-state index in [0.717, 1.165) is 27.1 Å². The second-order valence-corrected chi connectivity index (χ2v) is 5.65. The first-order valence-electron chi connectivity index (χ1n) is 6.53. The van der Waals surface area contributed by atoms with Gasteiger partial charge in [0.05, 0.1) is 11.9 Å². The van der Waals surface area contributed by atoms with Crippen LogP contribution in [-0.2, 0) is 13.6 Å². The topological polar surface area (TPSA) is 71.4 Å². The number of nitrogens with one attached hydrogen (secondary N) is 2. The molecule has 0 atom stereocenters. The Morgan fingerprint density at radius 2 is 2.05 bits per heavy atom. The maximum absolute atomic E-state index is 4.33. The van der Waals surface area contributed by atoms with Crippen LogP contribution in [0.2, 0.25) is 0 Å². The molecule has 0 aliphatic heterocycles. The number of nitrogens with zero attached hydrogens (tertiary/aromatic N) is 4. The van der Waals surface area contributed by atoms with Crippen molar-refractivity contribution in [2.45, 2.75) is 13.5 Å². The van der Waals surface area contributed by atoms with E-state index in [4.69, 9.17) is 0 Å². The van der Waals surface area contributed by atoms with Crippen LogP contribution in [0.4, 0.5) is 5.95 Å². The molecular weight excluding hydrogens is 332 g/mol. The molecule has 3 rings (SSSR count). The lowest BCUT2D eigenvalue weighted by Gasteiger charge is -2.04. The molecule has 1 aromatic carbocycles. The minimum absolute atomic E-state index is 0.616. The van der Waals surface area contributed by atoms with Crippen LogP contribution in [0.1, 0.15) is 11.4 Å². The van der Waals surface area contributed by atoms with E-state index in [-0.39, 0.29) is 0 Å². The Labute approximate surface area is 130 Å². The molecule has 0 bridgehead atoms. The van der Waals surface area contributed by atoms with Crippen LogP contribution in [0.5, 0.6) is 0 Å². The molecule has 2 aromatic heterocycles. The molecule has 0 unspecified atom stereocenters. The van der Waals surface area contributed by atoms with Crippen LogP contribution in [-0.4, -0.2) is 25.0 Å². The fourth-order valence-corrected chi connectivity index (χ4v) is 2.29. The van der Waals surface area contributed by atoms with E-state index in [9.17, 15) is 0 Å². The van der Waals surface area contributed by atoms with Gasteiger partial charge in [0.15, 0.2) is 0 Å². The van der Waals surface area contributed by atoms with Crippen molar-refractivity contribution < 1.29 is 0 Å². The molecular formula is C14H15BrN6. The Hall–Kier alpha value is -2.15. The second-order valence-electron chi connectivity index (χ2n) is 4.74. The Balaban J connectivity index is 1.78. The van der Waals surface area contributed by atoms with Gasteiger partial charge in [-0.1, -0.05) is 28.1 Å². The summed E-state index contributed by atoms with van der Waals surface area (Å²) in [4.78, 5) is 4.33. The smallest absolute Gasteiger partial charge is 0.242 e. The molecule has 2 heterocycles. The van der Waals surface area contributed by atoms with Crippen LogP contribution in [0.15, 0.2) is 34.9 Å². The van der Waals surface area contributed by atoms with Crippen molar-refractivity contribution in [1.82, 2.24) is 25.0 Å². The van der Waals surface area contributed by atoms with Crippen LogP contribution >= 0.6 is 15.9 Å². The van der Waals surface area contributed by atoms with Crippen LogP contribution in [0.25, 0.3) is 11.3 Å². The predicted octanol–water partition coefficient (Wildman–Crippen LogP) is 2.89. The zero-order chi connectivity index (χ0) is 14.8. The SMILES string of the molecule is Cc1nc(NCc2cn[nH]c2-c2ccc(Br)cc2)nn1C. The van der Waals surface area contributed by atoms with Crippen LogP contribution in [0.3, 0.4) is 0 Å².